The number of rotatable bonds is 4. The predicted octanol–water partition coefficient (Wildman–Crippen LogP) is 4.88. The van der Waals surface area contributed by atoms with E-state index in [4.69, 9.17) is 0 Å². The van der Waals surface area contributed by atoms with Gasteiger partial charge >= 0.3 is 6.18 Å². The Balaban J connectivity index is 1.50. The molecule has 0 aliphatic carbocycles. The van der Waals surface area contributed by atoms with E-state index in [0.29, 0.717) is 30.0 Å². The van der Waals surface area contributed by atoms with Crippen molar-refractivity contribution in [3.05, 3.63) is 64.0 Å². The van der Waals surface area contributed by atoms with Gasteiger partial charge in [0.05, 0.1) is 40.3 Å². The Kier molecular flexibility index (Phi) is 6.04. The standard InChI is InChI=1S/C22H21F3N4OS/c1-14-27-18(13-31-14)9-21(30)29-7-3-5-16(12-29)20-11-26-10-19(28-20)15-4-2-6-17(8-15)22(23,24)25/h2,4,6,8,10-11,13,16H,3,5,7,9,12H2,1H3/t16-/m1/s1. The summed E-state index contributed by atoms with van der Waals surface area (Å²) in [6.45, 7) is 3.10. The van der Waals surface area contributed by atoms with Crippen LogP contribution in [0.25, 0.3) is 11.3 Å². The molecular formula is C22H21F3N4OS. The van der Waals surface area contributed by atoms with E-state index in [9.17, 15) is 18.0 Å². The molecule has 2 aromatic heterocycles. The molecule has 162 valence electrons. The van der Waals surface area contributed by atoms with Crippen molar-refractivity contribution in [3.63, 3.8) is 0 Å². The molecule has 0 saturated carbocycles. The second kappa shape index (κ2) is 8.74. The number of hydrogen-bond donors (Lipinski definition) is 0. The fraction of sp³-hybridized carbons (Fsp3) is 0.364. The van der Waals surface area contributed by atoms with Gasteiger partial charge in [-0.15, -0.1) is 11.3 Å². The van der Waals surface area contributed by atoms with Crippen LogP contribution in [-0.4, -0.2) is 38.8 Å². The smallest absolute Gasteiger partial charge is 0.342 e. The first-order chi connectivity index (χ1) is 14.8. The van der Waals surface area contributed by atoms with Gasteiger partial charge in [-0.2, -0.15) is 13.2 Å². The first-order valence-electron chi connectivity index (χ1n) is 9.98. The van der Waals surface area contributed by atoms with Crippen LogP contribution in [0.1, 0.15) is 40.7 Å². The van der Waals surface area contributed by atoms with Crippen LogP contribution in [0.5, 0.6) is 0 Å². The van der Waals surface area contributed by atoms with Crippen LogP contribution in [0.4, 0.5) is 13.2 Å². The molecule has 3 heterocycles. The van der Waals surface area contributed by atoms with Crippen molar-refractivity contribution >= 4 is 17.2 Å². The molecule has 0 unspecified atom stereocenters. The van der Waals surface area contributed by atoms with Gasteiger partial charge < -0.3 is 4.90 Å². The van der Waals surface area contributed by atoms with E-state index in [1.807, 2.05) is 17.2 Å². The quantitative estimate of drug-likeness (QED) is 0.573. The van der Waals surface area contributed by atoms with E-state index in [2.05, 4.69) is 15.0 Å². The highest BCUT2D eigenvalue weighted by Gasteiger charge is 2.31. The zero-order chi connectivity index (χ0) is 22.0. The van der Waals surface area contributed by atoms with Crippen molar-refractivity contribution in [2.24, 2.45) is 0 Å². The summed E-state index contributed by atoms with van der Waals surface area (Å²) in [5.41, 5.74) is 1.51. The van der Waals surface area contributed by atoms with Gasteiger partial charge in [0.25, 0.3) is 0 Å². The lowest BCUT2D eigenvalue weighted by Gasteiger charge is -2.32. The molecule has 1 aromatic carbocycles. The molecule has 5 nitrogen and oxygen atoms in total. The van der Waals surface area contributed by atoms with E-state index < -0.39 is 11.7 Å². The number of piperidine rings is 1. The van der Waals surface area contributed by atoms with Gasteiger partial charge in [0.1, 0.15) is 0 Å². The average molecular weight is 446 g/mol. The SMILES string of the molecule is Cc1nc(CC(=O)N2CCC[C@@H](c3cncc(-c4cccc(C(F)(F)F)c4)n3)C2)cs1. The number of aromatic nitrogens is 3. The van der Waals surface area contributed by atoms with E-state index in [1.54, 1.807) is 12.3 Å². The number of thiazole rings is 1. The Morgan fingerprint density at radius 2 is 2.10 bits per heavy atom. The highest BCUT2D eigenvalue weighted by Crippen LogP contribution is 2.32. The van der Waals surface area contributed by atoms with Gasteiger partial charge in [0.15, 0.2) is 0 Å². The molecule has 0 radical (unpaired) electrons. The minimum Gasteiger partial charge on any atom is -0.342 e. The topological polar surface area (TPSA) is 59.0 Å². The summed E-state index contributed by atoms with van der Waals surface area (Å²) in [7, 11) is 0. The lowest BCUT2D eigenvalue weighted by Crippen LogP contribution is -2.40. The molecule has 1 aliphatic heterocycles. The van der Waals surface area contributed by atoms with Crippen molar-refractivity contribution < 1.29 is 18.0 Å². The maximum atomic E-state index is 13.1. The van der Waals surface area contributed by atoms with Crippen molar-refractivity contribution in [2.75, 3.05) is 13.1 Å². The fourth-order valence-electron chi connectivity index (χ4n) is 3.77. The second-order valence-corrected chi connectivity index (χ2v) is 8.68. The van der Waals surface area contributed by atoms with E-state index in [-0.39, 0.29) is 18.2 Å². The Bertz CT molecular complexity index is 1080. The first kappa shape index (κ1) is 21.4. The summed E-state index contributed by atoms with van der Waals surface area (Å²) in [6.07, 6.45) is 0.644. The van der Waals surface area contributed by atoms with E-state index in [1.165, 1.54) is 23.6 Å². The van der Waals surface area contributed by atoms with Crippen LogP contribution in [-0.2, 0) is 17.4 Å². The normalized spacial score (nSPS) is 17.0. The summed E-state index contributed by atoms with van der Waals surface area (Å²) in [6, 6.07) is 5.08. The van der Waals surface area contributed by atoms with Gasteiger partial charge in [-0.05, 0) is 31.9 Å². The minimum atomic E-state index is -4.42. The number of carbonyl (C=O) groups is 1. The van der Waals surface area contributed by atoms with Gasteiger partial charge in [0.2, 0.25) is 5.91 Å². The molecule has 4 rings (SSSR count). The zero-order valence-corrected chi connectivity index (χ0v) is 17.7. The maximum absolute atomic E-state index is 13.1. The summed E-state index contributed by atoms with van der Waals surface area (Å²) < 4.78 is 39.2. The molecule has 1 saturated heterocycles. The third-order valence-corrected chi connectivity index (χ3v) is 6.15. The summed E-state index contributed by atoms with van der Waals surface area (Å²) in [5, 5.41) is 2.83. The number of benzene rings is 1. The second-order valence-electron chi connectivity index (χ2n) is 7.62. The molecule has 1 fully saturated rings. The van der Waals surface area contributed by atoms with Crippen LogP contribution in [0.15, 0.2) is 42.0 Å². The molecular weight excluding hydrogens is 425 g/mol. The number of aryl methyl sites for hydroxylation is 1. The summed E-state index contributed by atoms with van der Waals surface area (Å²) >= 11 is 1.52. The molecule has 3 aromatic rings. The number of nitrogens with zero attached hydrogens (tertiary/aromatic N) is 4. The summed E-state index contributed by atoms with van der Waals surface area (Å²) in [5.74, 6) is 0.0186. The Morgan fingerprint density at radius 1 is 1.26 bits per heavy atom. The number of likely N-dealkylation sites (tertiary alicyclic amines) is 1. The van der Waals surface area contributed by atoms with Crippen LogP contribution >= 0.6 is 11.3 Å². The highest BCUT2D eigenvalue weighted by atomic mass is 32.1. The van der Waals surface area contributed by atoms with E-state index in [0.717, 1.165) is 35.7 Å². The maximum Gasteiger partial charge on any atom is 0.416 e. The first-order valence-corrected chi connectivity index (χ1v) is 10.9. The Morgan fingerprint density at radius 3 is 2.84 bits per heavy atom. The molecule has 31 heavy (non-hydrogen) atoms. The van der Waals surface area contributed by atoms with Crippen LogP contribution in [0, 0.1) is 6.92 Å². The number of halogens is 3. The summed E-state index contributed by atoms with van der Waals surface area (Å²) in [4.78, 5) is 27.7. The van der Waals surface area contributed by atoms with Crippen molar-refractivity contribution in [2.45, 2.75) is 38.3 Å². The zero-order valence-electron chi connectivity index (χ0n) is 16.9. The fourth-order valence-corrected chi connectivity index (χ4v) is 4.39. The average Bonchev–Trinajstić information content (AvgIpc) is 3.18. The number of alkyl halides is 3. The molecule has 0 bridgehead atoms. The van der Waals surface area contributed by atoms with Gasteiger partial charge in [-0.3, -0.25) is 9.78 Å². The molecule has 1 aliphatic rings. The molecule has 0 N–H and O–H groups in total. The Labute approximate surface area is 182 Å². The lowest BCUT2D eigenvalue weighted by atomic mass is 9.94. The Hall–Kier alpha value is -2.81. The van der Waals surface area contributed by atoms with Crippen LogP contribution < -0.4 is 0 Å². The highest BCUT2D eigenvalue weighted by molar-refractivity contribution is 7.09. The molecule has 1 amide bonds. The van der Waals surface area contributed by atoms with Gasteiger partial charge in [-0.25, -0.2) is 9.97 Å². The van der Waals surface area contributed by atoms with Gasteiger partial charge in [-0.1, -0.05) is 12.1 Å². The largest absolute Gasteiger partial charge is 0.416 e. The third-order valence-electron chi connectivity index (χ3n) is 5.33. The monoisotopic (exact) mass is 446 g/mol. The number of amides is 1. The predicted molar refractivity (Wildman–Crippen MR) is 112 cm³/mol. The molecule has 0 spiro atoms. The van der Waals surface area contributed by atoms with Crippen LogP contribution in [0.2, 0.25) is 0 Å². The minimum absolute atomic E-state index is 0.00637. The van der Waals surface area contributed by atoms with E-state index >= 15 is 0 Å². The van der Waals surface area contributed by atoms with Crippen LogP contribution in [0.3, 0.4) is 0 Å². The van der Waals surface area contributed by atoms with Crippen molar-refractivity contribution in [1.29, 1.82) is 0 Å². The van der Waals surface area contributed by atoms with Crippen molar-refractivity contribution in [1.82, 2.24) is 19.9 Å². The molecule has 9 heteroatoms. The van der Waals surface area contributed by atoms with Gasteiger partial charge in [0, 0.05) is 36.1 Å². The number of carbonyl (C=O) groups excluding carboxylic acids is 1. The lowest BCUT2D eigenvalue weighted by molar-refractivity contribution is -0.137. The third kappa shape index (κ3) is 5.10. The number of hydrogen-bond acceptors (Lipinski definition) is 5. The molecule has 1 atom stereocenters. The van der Waals surface area contributed by atoms with Crippen molar-refractivity contribution in [3.8, 4) is 11.3 Å².